The molecule has 1 saturated carbocycles. The minimum atomic E-state index is 0.493. The van der Waals surface area contributed by atoms with Crippen molar-refractivity contribution in [3.05, 3.63) is 0 Å². The van der Waals surface area contributed by atoms with Gasteiger partial charge >= 0.3 is 0 Å². The van der Waals surface area contributed by atoms with Gasteiger partial charge in [-0.3, -0.25) is 0 Å². The summed E-state index contributed by atoms with van der Waals surface area (Å²) in [6.07, 6.45) is 5.33. The van der Waals surface area contributed by atoms with Gasteiger partial charge in [0.2, 0.25) is 0 Å². The molecule has 2 nitrogen and oxygen atoms in total. The zero-order valence-corrected chi connectivity index (χ0v) is 11.3. The lowest BCUT2D eigenvalue weighted by molar-refractivity contribution is 0.258. The Morgan fingerprint density at radius 3 is 2.07 bits per heavy atom. The van der Waals surface area contributed by atoms with Gasteiger partial charge in [-0.2, -0.15) is 0 Å². The molecule has 0 radical (unpaired) electrons. The summed E-state index contributed by atoms with van der Waals surface area (Å²) in [5, 5.41) is 0. The van der Waals surface area contributed by atoms with E-state index in [2.05, 4.69) is 11.9 Å². The van der Waals surface area contributed by atoms with Crippen LogP contribution in [-0.4, -0.2) is 31.1 Å². The number of rotatable bonds is 0. The fourth-order valence-corrected chi connectivity index (χ4v) is 2.78. The van der Waals surface area contributed by atoms with Crippen LogP contribution in [0, 0.1) is 5.41 Å². The van der Waals surface area contributed by atoms with E-state index in [0.29, 0.717) is 11.5 Å². The Hall–Kier alpha value is -0.0800. The maximum Gasteiger partial charge on any atom is 0.0108 e. The fraction of sp³-hybridized carbons (Fsp3) is 1.00. The van der Waals surface area contributed by atoms with Crippen LogP contribution in [0.2, 0.25) is 0 Å². The highest BCUT2D eigenvalue weighted by Crippen LogP contribution is 2.43. The van der Waals surface area contributed by atoms with Crippen molar-refractivity contribution in [2.24, 2.45) is 11.1 Å². The van der Waals surface area contributed by atoms with Crippen LogP contribution in [0.25, 0.3) is 0 Å². The molecule has 2 atom stereocenters. The van der Waals surface area contributed by atoms with E-state index in [1.54, 1.807) is 0 Å². The molecular weight excluding hydrogens is 184 g/mol. The van der Waals surface area contributed by atoms with E-state index in [9.17, 15) is 0 Å². The summed E-state index contributed by atoms with van der Waals surface area (Å²) in [7, 11) is 2.21. The second-order valence-electron chi connectivity index (χ2n) is 4.35. The van der Waals surface area contributed by atoms with Crippen molar-refractivity contribution in [3.8, 4) is 0 Å². The third kappa shape index (κ3) is 3.46. The summed E-state index contributed by atoms with van der Waals surface area (Å²) >= 11 is 0. The van der Waals surface area contributed by atoms with Crippen LogP contribution >= 0.6 is 0 Å². The third-order valence-electron chi connectivity index (χ3n) is 3.55. The summed E-state index contributed by atoms with van der Waals surface area (Å²) in [4.78, 5) is 2.42. The Labute approximate surface area is 96.2 Å². The number of likely N-dealkylation sites (tertiary alicyclic amines) is 1. The topological polar surface area (TPSA) is 29.3 Å². The molecule has 1 heterocycles. The molecule has 2 rings (SSSR count). The average molecular weight is 214 g/mol. The van der Waals surface area contributed by atoms with E-state index in [4.69, 9.17) is 5.73 Å². The first kappa shape index (κ1) is 14.9. The van der Waals surface area contributed by atoms with E-state index >= 15 is 0 Å². The van der Waals surface area contributed by atoms with Crippen LogP contribution in [0.4, 0.5) is 0 Å². The first-order valence-corrected chi connectivity index (χ1v) is 6.67. The van der Waals surface area contributed by atoms with E-state index in [1.165, 1.54) is 38.8 Å². The maximum absolute atomic E-state index is 6.11. The van der Waals surface area contributed by atoms with Crippen molar-refractivity contribution in [3.63, 3.8) is 0 Å². The van der Waals surface area contributed by atoms with E-state index in [0.717, 1.165) is 0 Å². The molecule has 0 aromatic rings. The van der Waals surface area contributed by atoms with Crippen molar-refractivity contribution < 1.29 is 0 Å². The highest BCUT2D eigenvalue weighted by molar-refractivity contribution is 5.00. The molecule has 2 N–H and O–H groups in total. The zero-order valence-electron chi connectivity index (χ0n) is 11.3. The Bertz CT molecular complexity index is 159. The zero-order chi connectivity index (χ0) is 11.9. The maximum atomic E-state index is 6.11. The van der Waals surface area contributed by atoms with Crippen LogP contribution < -0.4 is 5.73 Å². The Morgan fingerprint density at radius 2 is 1.73 bits per heavy atom. The normalized spacial score (nSPS) is 34.4. The van der Waals surface area contributed by atoms with Crippen molar-refractivity contribution in [1.29, 1.82) is 0 Å². The predicted molar refractivity (Wildman–Crippen MR) is 69.1 cm³/mol. The number of nitrogens with zero attached hydrogens (tertiary/aromatic N) is 1. The molecule has 92 valence electrons. The van der Waals surface area contributed by atoms with Gasteiger partial charge in [0.15, 0.2) is 0 Å². The molecule has 0 aromatic carbocycles. The highest BCUT2D eigenvalue weighted by Gasteiger charge is 2.44. The minimum Gasteiger partial charge on any atom is -0.327 e. The minimum absolute atomic E-state index is 0.493. The molecule has 1 aliphatic heterocycles. The lowest BCUT2D eigenvalue weighted by Gasteiger charge is -2.27. The van der Waals surface area contributed by atoms with Crippen molar-refractivity contribution in [2.45, 2.75) is 59.4 Å². The molecule has 1 saturated heterocycles. The molecule has 0 aromatic heterocycles. The molecule has 15 heavy (non-hydrogen) atoms. The Kier molecular flexibility index (Phi) is 7.20. The number of hydrogen-bond donors (Lipinski definition) is 1. The number of nitrogens with two attached hydrogens (primary N) is 1. The molecule has 1 spiro atoms. The van der Waals surface area contributed by atoms with Crippen molar-refractivity contribution >= 4 is 0 Å². The summed E-state index contributed by atoms with van der Waals surface area (Å²) < 4.78 is 0. The SMILES string of the molecule is CC.CC.CN1CCC2(CCCC2N)C1. The second-order valence-corrected chi connectivity index (χ2v) is 4.35. The smallest absolute Gasteiger partial charge is 0.0108 e. The van der Waals surface area contributed by atoms with Gasteiger partial charge < -0.3 is 10.6 Å². The van der Waals surface area contributed by atoms with Crippen LogP contribution in [0.5, 0.6) is 0 Å². The van der Waals surface area contributed by atoms with Crippen molar-refractivity contribution in [1.82, 2.24) is 4.90 Å². The molecule has 2 fully saturated rings. The quantitative estimate of drug-likeness (QED) is 0.672. The van der Waals surface area contributed by atoms with Gasteiger partial charge in [0.25, 0.3) is 0 Å². The van der Waals surface area contributed by atoms with Gasteiger partial charge in [-0.25, -0.2) is 0 Å². The number of hydrogen-bond acceptors (Lipinski definition) is 2. The first-order valence-electron chi connectivity index (χ1n) is 6.67. The van der Waals surface area contributed by atoms with E-state index in [-0.39, 0.29) is 0 Å². The third-order valence-corrected chi connectivity index (χ3v) is 3.55. The van der Waals surface area contributed by atoms with Gasteiger partial charge in [-0.15, -0.1) is 0 Å². The average Bonchev–Trinajstić information content (AvgIpc) is 2.82. The molecular formula is C13H30N2. The standard InChI is InChI=1S/C9H18N2.2C2H6/c1-11-6-5-9(7-11)4-2-3-8(9)10;2*1-2/h8H,2-7,10H2,1H3;2*1-2H3. The van der Waals surface area contributed by atoms with Crippen LogP contribution in [0.3, 0.4) is 0 Å². The molecule has 2 heteroatoms. The molecule has 2 unspecified atom stereocenters. The largest absolute Gasteiger partial charge is 0.327 e. The Balaban J connectivity index is 0.000000442. The molecule has 1 aliphatic carbocycles. The molecule has 2 aliphatic rings. The fourth-order valence-electron chi connectivity index (χ4n) is 2.78. The van der Waals surface area contributed by atoms with Gasteiger partial charge in [0.1, 0.15) is 0 Å². The van der Waals surface area contributed by atoms with Gasteiger partial charge in [-0.05, 0) is 38.3 Å². The lowest BCUT2D eigenvalue weighted by Crippen LogP contribution is -2.38. The van der Waals surface area contributed by atoms with Gasteiger partial charge in [0.05, 0.1) is 0 Å². The lowest BCUT2D eigenvalue weighted by atomic mass is 9.82. The van der Waals surface area contributed by atoms with E-state index < -0.39 is 0 Å². The molecule has 0 amide bonds. The van der Waals surface area contributed by atoms with Crippen LogP contribution in [0.1, 0.15) is 53.4 Å². The van der Waals surface area contributed by atoms with Gasteiger partial charge in [-0.1, -0.05) is 34.1 Å². The van der Waals surface area contributed by atoms with Crippen LogP contribution in [-0.2, 0) is 0 Å². The summed E-state index contributed by atoms with van der Waals surface area (Å²) in [6, 6.07) is 0.493. The second kappa shape index (κ2) is 7.24. The highest BCUT2D eigenvalue weighted by atomic mass is 15.1. The van der Waals surface area contributed by atoms with Gasteiger partial charge in [0, 0.05) is 12.6 Å². The first-order chi connectivity index (χ1) is 7.23. The molecule has 0 bridgehead atoms. The Morgan fingerprint density at radius 1 is 1.13 bits per heavy atom. The van der Waals surface area contributed by atoms with Crippen molar-refractivity contribution in [2.75, 3.05) is 20.1 Å². The van der Waals surface area contributed by atoms with E-state index in [1.807, 2.05) is 27.7 Å². The summed E-state index contributed by atoms with van der Waals surface area (Å²) in [6.45, 7) is 10.5. The summed E-state index contributed by atoms with van der Waals surface area (Å²) in [5.41, 5.74) is 6.63. The van der Waals surface area contributed by atoms with Crippen LogP contribution in [0.15, 0.2) is 0 Å². The summed E-state index contributed by atoms with van der Waals surface area (Å²) in [5.74, 6) is 0. The predicted octanol–water partition coefficient (Wildman–Crippen LogP) is 2.87. The monoisotopic (exact) mass is 214 g/mol.